The molecule has 0 amide bonds. The molecule has 0 unspecified atom stereocenters. The van der Waals surface area contributed by atoms with Crippen molar-refractivity contribution in [2.45, 2.75) is 39.5 Å². The first kappa shape index (κ1) is 28.9. The van der Waals surface area contributed by atoms with Gasteiger partial charge in [0.1, 0.15) is 10.7 Å². The van der Waals surface area contributed by atoms with Gasteiger partial charge in [-0.05, 0) is 75.9 Å². The minimum Gasteiger partial charge on any atom is -0.292 e. The normalized spacial score (nSPS) is 12.1. The first-order valence-corrected chi connectivity index (χ1v) is 17.6. The van der Waals surface area contributed by atoms with Gasteiger partial charge in [0.2, 0.25) is 0 Å². The Morgan fingerprint density at radius 1 is 0.562 bits per heavy atom. The number of fused-ring (bicyclic) bond motifs is 7. The molecule has 0 aliphatic carbocycles. The van der Waals surface area contributed by atoms with Crippen LogP contribution in [0.4, 0.5) is 0 Å². The average molecular weight is 638 g/mol. The Morgan fingerprint density at radius 2 is 1.25 bits per heavy atom. The second-order valence-corrected chi connectivity index (χ2v) is 14.4. The number of nitrogens with zero attached hydrogens (tertiary/aromatic N) is 3. The summed E-state index contributed by atoms with van der Waals surface area (Å²) in [4.78, 5) is 11.8. The lowest BCUT2D eigenvalue weighted by molar-refractivity contribution is 0.812. The molecule has 0 N–H and O–H groups in total. The lowest BCUT2D eigenvalue weighted by atomic mass is 9.88. The van der Waals surface area contributed by atoms with Crippen molar-refractivity contribution < 1.29 is 0 Å². The Hall–Kier alpha value is -5.32. The Morgan fingerprint density at radius 3 is 2.04 bits per heavy atom. The second-order valence-electron chi connectivity index (χ2n) is 13.4. The van der Waals surface area contributed by atoms with Crippen LogP contribution in [0.3, 0.4) is 0 Å². The predicted octanol–water partition coefficient (Wildman–Crippen LogP) is 12.7. The van der Waals surface area contributed by atoms with Gasteiger partial charge >= 0.3 is 0 Å². The summed E-state index contributed by atoms with van der Waals surface area (Å²) in [7, 11) is 0. The number of hydrogen-bond acceptors (Lipinski definition) is 3. The zero-order valence-electron chi connectivity index (χ0n) is 27.5. The lowest BCUT2D eigenvalue weighted by Crippen LogP contribution is -2.09. The predicted molar refractivity (Wildman–Crippen MR) is 206 cm³/mol. The van der Waals surface area contributed by atoms with Crippen LogP contribution in [0.1, 0.15) is 50.7 Å². The van der Waals surface area contributed by atoms with Crippen LogP contribution in [0.5, 0.6) is 0 Å². The molecule has 0 atom stereocenters. The number of imidazole rings is 1. The summed E-state index contributed by atoms with van der Waals surface area (Å²) in [6.07, 6.45) is 0. The van der Waals surface area contributed by atoms with Crippen molar-refractivity contribution in [2.24, 2.45) is 0 Å². The lowest BCUT2D eigenvalue weighted by Gasteiger charge is -2.24. The zero-order valence-corrected chi connectivity index (χ0v) is 28.3. The van der Waals surface area contributed by atoms with Gasteiger partial charge in [0, 0.05) is 31.8 Å². The van der Waals surface area contributed by atoms with Gasteiger partial charge in [-0.25, -0.2) is 9.97 Å². The Labute approximate surface area is 284 Å². The van der Waals surface area contributed by atoms with Crippen LogP contribution in [0.15, 0.2) is 127 Å². The molecule has 9 aromatic rings. The minimum atomic E-state index is 0.307. The van der Waals surface area contributed by atoms with Crippen LogP contribution in [-0.4, -0.2) is 14.5 Å². The first-order chi connectivity index (χ1) is 23.5. The van der Waals surface area contributed by atoms with E-state index in [4.69, 9.17) is 9.97 Å². The first-order valence-electron chi connectivity index (χ1n) is 16.8. The number of rotatable bonds is 5. The monoisotopic (exact) mass is 637 g/mol. The summed E-state index contributed by atoms with van der Waals surface area (Å²) in [6.45, 7) is 9.24. The van der Waals surface area contributed by atoms with Crippen molar-refractivity contribution in [2.75, 3.05) is 0 Å². The van der Waals surface area contributed by atoms with Gasteiger partial charge in [-0.3, -0.25) is 4.57 Å². The van der Waals surface area contributed by atoms with Crippen molar-refractivity contribution >= 4 is 64.3 Å². The number of pyridine rings is 1. The van der Waals surface area contributed by atoms with Crippen LogP contribution in [0.2, 0.25) is 0 Å². The fraction of sp³-hybridized carbons (Fsp3) is 0.136. The SMILES string of the molecule is CC(C)c1cc(-c2ccccc2)cc(C(C)C)c1-n1c(-c2cccc3c2sc2nc4c(ccc5ccccc54)cc23)nc2ccccc21. The molecule has 0 fully saturated rings. The smallest absolute Gasteiger partial charge is 0.147 e. The summed E-state index contributed by atoms with van der Waals surface area (Å²) in [5.41, 5.74) is 10.7. The molecule has 4 heteroatoms. The average Bonchev–Trinajstić information content (AvgIpc) is 3.68. The van der Waals surface area contributed by atoms with Crippen molar-refractivity contribution in [3.05, 3.63) is 139 Å². The van der Waals surface area contributed by atoms with Crippen LogP contribution in [0.25, 0.3) is 81.2 Å². The van der Waals surface area contributed by atoms with Gasteiger partial charge < -0.3 is 0 Å². The van der Waals surface area contributed by atoms with E-state index in [1.807, 2.05) is 0 Å². The Bertz CT molecular complexity index is 2650. The molecule has 232 valence electrons. The van der Waals surface area contributed by atoms with E-state index in [2.05, 4.69) is 160 Å². The highest BCUT2D eigenvalue weighted by Crippen LogP contribution is 2.44. The van der Waals surface area contributed by atoms with Crippen molar-refractivity contribution in [3.8, 4) is 28.2 Å². The zero-order chi connectivity index (χ0) is 32.5. The number of benzene rings is 6. The van der Waals surface area contributed by atoms with Crippen molar-refractivity contribution in [3.63, 3.8) is 0 Å². The number of hydrogen-bond donors (Lipinski definition) is 0. The van der Waals surface area contributed by atoms with Gasteiger partial charge in [0.15, 0.2) is 0 Å². The third-order valence-electron chi connectivity index (χ3n) is 9.72. The summed E-state index contributed by atoms with van der Waals surface area (Å²) in [5, 5.41) is 5.99. The summed E-state index contributed by atoms with van der Waals surface area (Å²) < 4.78 is 3.67. The molecule has 48 heavy (non-hydrogen) atoms. The maximum atomic E-state index is 5.41. The highest BCUT2D eigenvalue weighted by molar-refractivity contribution is 7.26. The molecule has 0 saturated carbocycles. The Balaban J connectivity index is 1.35. The van der Waals surface area contributed by atoms with Gasteiger partial charge in [0.05, 0.1) is 22.2 Å². The molecule has 0 radical (unpaired) electrons. The van der Waals surface area contributed by atoms with Gasteiger partial charge in [-0.1, -0.05) is 119 Å². The summed E-state index contributed by atoms with van der Waals surface area (Å²) in [6, 6.07) is 46.1. The highest BCUT2D eigenvalue weighted by atomic mass is 32.1. The highest BCUT2D eigenvalue weighted by Gasteiger charge is 2.25. The van der Waals surface area contributed by atoms with Crippen LogP contribution >= 0.6 is 11.3 Å². The molecule has 0 saturated heterocycles. The molecule has 3 aromatic heterocycles. The third kappa shape index (κ3) is 4.47. The third-order valence-corrected chi connectivity index (χ3v) is 10.9. The van der Waals surface area contributed by atoms with E-state index in [0.717, 1.165) is 32.8 Å². The summed E-state index contributed by atoms with van der Waals surface area (Å²) >= 11 is 1.78. The van der Waals surface area contributed by atoms with Gasteiger partial charge in [-0.2, -0.15) is 0 Å². The largest absolute Gasteiger partial charge is 0.292 e. The van der Waals surface area contributed by atoms with Crippen LogP contribution < -0.4 is 0 Å². The number of aromatic nitrogens is 3. The van der Waals surface area contributed by atoms with Crippen LogP contribution in [-0.2, 0) is 0 Å². The molecule has 3 nitrogen and oxygen atoms in total. The van der Waals surface area contributed by atoms with Gasteiger partial charge in [0.25, 0.3) is 0 Å². The second kappa shape index (κ2) is 11.1. The molecule has 0 spiro atoms. The van der Waals surface area contributed by atoms with Gasteiger partial charge in [-0.15, -0.1) is 11.3 Å². The molecule has 3 heterocycles. The number of thiophene rings is 1. The molecular weight excluding hydrogens is 603 g/mol. The Kier molecular flexibility index (Phi) is 6.70. The van der Waals surface area contributed by atoms with E-state index in [1.54, 1.807) is 11.3 Å². The fourth-order valence-corrected chi connectivity index (χ4v) is 8.51. The van der Waals surface area contributed by atoms with E-state index in [0.29, 0.717) is 11.8 Å². The molecule has 6 aromatic carbocycles. The topological polar surface area (TPSA) is 30.7 Å². The van der Waals surface area contributed by atoms with Crippen molar-refractivity contribution in [1.29, 1.82) is 0 Å². The van der Waals surface area contributed by atoms with E-state index in [-0.39, 0.29) is 0 Å². The van der Waals surface area contributed by atoms with E-state index in [9.17, 15) is 0 Å². The van der Waals surface area contributed by atoms with E-state index in [1.165, 1.54) is 59.6 Å². The van der Waals surface area contributed by atoms with Crippen molar-refractivity contribution in [1.82, 2.24) is 14.5 Å². The number of para-hydroxylation sites is 2. The standard InChI is InChI=1S/C44H35N3S/c1-26(2)35-24-31(28-13-6-5-7-14-28)25-36(27(3)4)41(35)47-39-20-11-10-19-38(39)45-43(47)34-18-12-17-33-37-23-30-22-21-29-15-8-9-16-32(29)40(30)46-44(37)48-42(33)34/h5-27H,1-4H3. The molecule has 9 rings (SSSR count). The van der Waals surface area contributed by atoms with E-state index >= 15 is 0 Å². The molecule has 0 aliphatic rings. The molecule has 0 aliphatic heterocycles. The van der Waals surface area contributed by atoms with E-state index < -0.39 is 0 Å². The maximum Gasteiger partial charge on any atom is 0.147 e. The van der Waals surface area contributed by atoms with Crippen LogP contribution in [0, 0.1) is 0 Å². The fourth-order valence-electron chi connectivity index (χ4n) is 7.34. The molecular formula is C44H35N3S. The quantitative estimate of drug-likeness (QED) is 0.176. The minimum absolute atomic E-state index is 0.307. The summed E-state index contributed by atoms with van der Waals surface area (Å²) in [5.74, 6) is 1.59. The maximum absolute atomic E-state index is 5.41. The molecule has 0 bridgehead atoms.